The molecule has 1 atom stereocenters. The van der Waals surface area contributed by atoms with Crippen molar-refractivity contribution >= 4 is 27.8 Å². The summed E-state index contributed by atoms with van der Waals surface area (Å²) >= 11 is 3.37. The molecule has 4 nitrogen and oxygen atoms in total. The van der Waals surface area contributed by atoms with E-state index in [0.717, 1.165) is 21.2 Å². The first-order valence-electron chi connectivity index (χ1n) is 9.34. The molecule has 0 aliphatic carbocycles. The molecular formula is C24H22BrNO3. The predicted molar refractivity (Wildman–Crippen MR) is 117 cm³/mol. The number of ketones is 1. The first kappa shape index (κ1) is 20.8. The van der Waals surface area contributed by atoms with Gasteiger partial charge >= 0.3 is 6.09 Å². The van der Waals surface area contributed by atoms with Crippen LogP contribution < -0.4 is 5.32 Å². The molecule has 0 aliphatic heterocycles. The Bertz CT molecular complexity index is 954. The summed E-state index contributed by atoms with van der Waals surface area (Å²) in [6.07, 6.45) is -0.409. The number of Topliss-reactive ketones (excluding diaryl/α,β-unsaturated/α-hetero) is 1. The van der Waals surface area contributed by atoms with Crippen molar-refractivity contribution in [2.45, 2.75) is 26.0 Å². The molecule has 0 fully saturated rings. The Hall–Kier alpha value is -2.92. The Morgan fingerprint density at radius 3 is 2.24 bits per heavy atom. The second kappa shape index (κ2) is 10.0. The van der Waals surface area contributed by atoms with Crippen LogP contribution in [0.1, 0.15) is 39.5 Å². The van der Waals surface area contributed by atoms with E-state index >= 15 is 0 Å². The summed E-state index contributed by atoms with van der Waals surface area (Å²) < 4.78 is 6.25. The minimum Gasteiger partial charge on any atom is -0.445 e. The van der Waals surface area contributed by atoms with Crippen LogP contribution in [-0.4, -0.2) is 11.9 Å². The van der Waals surface area contributed by atoms with Crippen LogP contribution in [0.4, 0.5) is 4.79 Å². The quantitative estimate of drug-likeness (QED) is 0.448. The largest absolute Gasteiger partial charge is 0.445 e. The van der Waals surface area contributed by atoms with Gasteiger partial charge in [0.1, 0.15) is 6.61 Å². The zero-order valence-corrected chi connectivity index (χ0v) is 17.7. The van der Waals surface area contributed by atoms with Crippen molar-refractivity contribution in [2.75, 3.05) is 0 Å². The van der Waals surface area contributed by atoms with Crippen LogP contribution in [0.25, 0.3) is 0 Å². The van der Waals surface area contributed by atoms with Crippen LogP contribution in [0.3, 0.4) is 0 Å². The van der Waals surface area contributed by atoms with Crippen molar-refractivity contribution in [2.24, 2.45) is 0 Å². The van der Waals surface area contributed by atoms with Gasteiger partial charge in [-0.05, 0) is 30.2 Å². The SMILES string of the molecule is Cc1ccc(C(CC(=O)c2ccc(Br)cc2)NC(=O)OCc2ccccc2)cc1. The summed E-state index contributed by atoms with van der Waals surface area (Å²) in [6, 6.07) is 24.0. The molecule has 5 heteroatoms. The molecular weight excluding hydrogens is 430 g/mol. The molecule has 1 N–H and O–H groups in total. The Morgan fingerprint density at radius 1 is 0.931 bits per heavy atom. The third-order valence-electron chi connectivity index (χ3n) is 4.54. The highest BCUT2D eigenvalue weighted by atomic mass is 79.9. The number of halogens is 1. The van der Waals surface area contributed by atoms with Gasteiger partial charge in [-0.15, -0.1) is 0 Å². The van der Waals surface area contributed by atoms with Crippen LogP contribution in [0, 0.1) is 6.92 Å². The number of nitrogens with one attached hydrogen (secondary N) is 1. The Morgan fingerprint density at radius 2 is 1.59 bits per heavy atom. The summed E-state index contributed by atoms with van der Waals surface area (Å²) in [5.41, 5.74) is 3.47. The molecule has 0 spiro atoms. The molecule has 148 valence electrons. The second-order valence-electron chi connectivity index (χ2n) is 6.80. The van der Waals surface area contributed by atoms with Crippen molar-refractivity contribution in [3.8, 4) is 0 Å². The lowest BCUT2D eigenvalue weighted by atomic mass is 9.97. The molecule has 0 bridgehead atoms. The van der Waals surface area contributed by atoms with E-state index in [1.807, 2.05) is 73.7 Å². The van der Waals surface area contributed by atoms with Crippen molar-refractivity contribution < 1.29 is 14.3 Å². The number of alkyl carbamates (subject to hydrolysis) is 1. The maximum Gasteiger partial charge on any atom is 0.407 e. The molecule has 0 aliphatic rings. The second-order valence-corrected chi connectivity index (χ2v) is 7.72. The lowest BCUT2D eigenvalue weighted by Crippen LogP contribution is -2.30. The number of aryl methyl sites for hydroxylation is 1. The fraction of sp³-hybridized carbons (Fsp3) is 0.167. The van der Waals surface area contributed by atoms with Gasteiger partial charge in [0, 0.05) is 16.5 Å². The van der Waals surface area contributed by atoms with E-state index in [1.165, 1.54) is 0 Å². The van der Waals surface area contributed by atoms with Crippen LogP contribution in [-0.2, 0) is 11.3 Å². The molecule has 1 unspecified atom stereocenters. The van der Waals surface area contributed by atoms with Gasteiger partial charge in [-0.3, -0.25) is 4.79 Å². The van der Waals surface area contributed by atoms with E-state index in [1.54, 1.807) is 12.1 Å². The number of amides is 1. The maximum absolute atomic E-state index is 12.8. The minimum atomic E-state index is -0.553. The van der Waals surface area contributed by atoms with E-state index in [2.05, 4.69) is 21.2 Å². The number of hydrogen-bond acceptors (Lipinski definition) is 3. The number of rotatable bonds is 7. The zero-order chi connectivity index (χ0) is 20.6. The molecule has 0 radical (unpaired) electrons. The summed E-state index contributed by atoms with van der Waals surface area (Å²) in [4.78, 5) is 25.1. The van der Waals surface area contributed by atoms with E-state index < -0.39 is 12.1 Å². The van der Waals surface area contributed by atoms with Crippen molar-refractivity contribution in [1.29, 1.82) is 0 Å². The highest BCUT2D eigenvalue weighted by molar-refractivity contribution is 9.10. The molecule has 3 aromatic carbocycles. The number of carbonyl (C=O) groups is 2. The third-order valence-corrected chi connectivity index (χ3v) is 5.07. The Labute approximate surface area is 179 Å². The van der Waals surface area contributed by atoms with Crippen LogP contribution >= 0.6 is 15.9 Å². The summed E-state index contributed by atoms with van der Waals surface area (Å²) in [5, 5.41) is 2.84. The predicted octanol–water partition coefficient (Wildman–Crippen LogP) is 6.00. The first-order valence-corrected chi connectivity index (χ1v) is 10.1. The van der Waals surface area contributed by atoms with Gasteiger partial charge in [-0.2, -0.15) is 0 Å². The van der Waals surface area contributed by atoms with Gasteiger partial charge in [-0.25, -0.2) is 4.79 Å². The molecule has 0 heterocycles. The number of benzene rings is 3. The molecule has 3 aromatic rings. The van der Waals surface area contributed by atoms with Gasteiger partial charge in [0.05, 0.1) is 6.04 Å². The number of carbonyl (C=O) groups excluding carboxylic acids is 2. The zero-order valence-electron chi connectivity index (χ0n) is 16.1. The standard InChI is InChI=1S/C24H22BrNO3/c1-17-7-9-19(10-8-17)22(15-23(27)20-11-13-21(25)14-12-20)26-24(28)29-16-18-5-3-2-4-6-18/h2-14,22H,15-16H2,1H3,(H,26,28). The number of ether oxygens (including phenoxy) is 1. The molecule has 0 aromatic heterocycles. The third kappa shape index (κ3) is 6.29. The smallest absolute Gasteiger partial charge is 0.407 e. The Kier molecular flexibility index (Phi) is 7.19. The van der Waals surface area contributed by atoms with Gasteiger partial charge < -0.3 is 10.1 Å². The molecule has 29 heavy (non-hydrogen) atoms. The average molecular weight is 452 g/mol. The highest BCUT2D eigenvalue weighted by Crippen LogP contribution is 2.21. The van der Waals surface area contributed by atoms with Crippen molar-refractivity contribution in [3.05, 3.63) is 106 Å². The first-order chi connectivity index (χ1) is 14.0. The maximum atomic E-state index is 12.8. The minimum absolute atomic E-state index is 0.0496. The van der Waals surface area contributed by atoms with Gasteiger partial charge in [0.2, 0.25) is 0 Å². The van der Waals surface area contributed by atoms with E-state index in [0.29, 0.717) is 5.56 Å². The van der Waals surface area contributed by atoms with Crippen molar-refractivity contribution in [1.82, 2.24) is 5.32 Å². The van der Waals surface area contributed by atoms with Gasteiger partial charge in [-0.1, -0.05) is 88.2 Å². The fourth-order valence-corrected chi connectivity index (χ4v) is 3.16. The van der Waals surface area contributed by atoms with Gasteiger partial charge in [0.15, 0.2) is 5.78 Å². The fourth-order valence-electron chi connectivity index (χ4n) is 2.90. The highest BCUT2D eigenvalue weighted by Gasteiger charge is 2.20. The van der Waals surface area contributed by atoms with Crippen LogP contribution in [0.5, 0.6) is 0 Å². The van der Waals surface area contributed by atoms with E-state index in [9.17, 15) is 9.59 Å². The lowest BCUT2D eigenvalue weighted by Gasteiger charge is -2.19. The molecule has 0 saturated heterocycles. The molecule has 3 rings (SSSR count). The summed E-state index contributed by atoms with van der Waals surface area (Å²) in [6.45, 7) is 2.17. The van der Waals surface area contributed by atoms with E-state index in [-0.39, 0.29) is 18.8 Å². The van der Waals surface area contributed by atoms with E-state index in [4.69, 9.17) is 4.74 Å². The normalized spacial score (nSPS) is 11.5. The van der Waals surface area contributed by atoms with Crippen molar-refractivity contribution in [3.63, 3.8) is 0 Å². The summed E-state index contributed by atoms with van der Waals surface area (Å²) in [7, 11) is 0. The van der Waals surface area contributed by atoms with Crippen LogP contribution in [0.15, 0.2) is 83.3 Å². The monoisotopic (exact) mass is 451 g/mol. The molecule has 1 amide bonds. The molecule has 0 saturated carbocycles. The number of hydrogen-bond donors (Lipinski definition) is 1. The van der Waals surface area contributed by atoms with Gasteiger partial charge in [0.25, 0.3) is 0 Å². The topological polar surface area (TPSA) is 55.4 Å². The average Bonchev–Trinajstić information content (AvgIpc) is 2.73. The summed E-state index contributed by atoms with van der Waals surface area (Å²) in [5.74, 6) is -0.0496. The van der Waals surface area contributed by atoms with Crippen LogP contribution in [0.2, 0.25) is 0 Å². The Balaban J connectivity index is 1.70. The lowest BCUT2D eigenvalue weighted by molar-refractivity contribution is 0.0963.